The largest absolute Gasteiger partial charge is 0.444 e. The zero-order valence-corrected chi connectivity index (χ0v) is 20.8. The average molecular weight is 532 g/mol. The van der Waals surface area contributed by atoms with E-state index in [4.69, 9.17) is 9.41 Å². The van der Waals surface area contributed by atoms with Crippen LogP contribution in [-0.2, 0) is 11.3 Å². The molecule has 1 saturated heterocycles. The van der Waals surface area contributed by atoms with E-state index in [2.05, 4.69) is 32.8 Å². The first-order valence-electron chi connectivity index (χ1n) is 11.0. The number of aliphatic imine (C=N–C) groups is 1. The van der Waals surface area contributed by atoms with Crippen LogP contribution in [0.1, 0.15) is 50.0 Å². The maximum atomic E-state index is 11.7. The predicted octanol–water partition coefficient (Wildman–Crippen LogP) is 2.20. The van der Waals surface area contributed by atoms with E-state index in [0.717, 1.165) is 81.7 Å². The van der Waals surface area contributed by atoms with Gasteiger partial charge in [-0.1, -0.05) is 0 Å². The highest BCUT2D eigenvalue weighted by Crippen LogP contribution is 2.28. The van der Waals surface area contributed by atoms with Gasteiger partial charge in [0.15, 0.2) is 5.96 Å². The number of rotatable bonds is 9. The van der Waals surface area contributed by atoms with Crippen molar-refractivity contribution in [1.29, 1.82) is 0 Å². The first kappa shape index (κ1) is 24.9. The first-order valence-corrected chi connectivity index (χ1v) is 11.0. The normalized spacial score (nSPS) is 18.0. The average Bonchev–Trinajstić information content (AvgIpc) is 3.50. The van der Waals surface area contributed by atoms with Crippen molar-refractivity contribution in [1.82, 2.24) is 25.8 Å². The van der Waals surface area contributed by atoms with E-state index in [0.29, 0.717) is 19.0 Å². The lowest BCUT2D eigenvalue weighted by Crippen LogP contribution is -2.42. The van der Waals surface area contributed by atoms with E-state index in [1.54, 1.807) is 0 Å². The second kappa shape index (κ2) is 12.5. The van der Waals surface area contributed by atoms with Crippen LogP contribution in [0.5, 0.6) is 0 Å². The molecule has 1 aromatic rings. The molecule has 2 fully saturated rings. The van der Waals surface area contributed by atoms with Crippen molar-refractivity contribution < 1.29 is 9.21 Å². The molecule has 0 radical (unpaired) electrons. The van der Waals surface area contributed by atoms with Gasteiger partial charge in [0.1, 0.15) is 5.76 Å². The van der Waals surface area contributed by atoms with Crippen LogP contribution in [0.4, 0.5) is 0 Å². The second-order valence-corrected chi connectivity index (χ2v) is 8.18. The molecule has 1 aliphatic carbocycles. The number of nitrogens with zero attached hydrogens (tertiary/aromatic N) is 3. The molecule has 0 unspecified atom stereocenters. The molecule has 1 aromatic heterocycles. The second-order valence-electron chi connectivity index (χ2n) is 8.18. The lowest BCUT2D eigenvalue weighted by molar-refractivity contribution is -0.122. The van der Waals surface area contributed by atoms with Gasteiger partial charge in [-0.2, -0.15) is 0 Å². The summed E-state index contributed by atoms with van der Waals surface area (Å²) < 4.78 is 5.71. The molecular weight excluding hydrogens is 495 g/mol. The minimum absolute atomic E-state index is 0. The molecule has 8 nitrogen and oxygen atoms in total. The van der Waals surface area contributed by atoms with Gasteiger partial charge in [0.25, 0.3) is 0 Å². The predicted molar refractivity (Wildman–Crippen MR) is 129 cm³/mol. The summed E-state index contributed by atoms with van der Waals surface area (Å²) in [5, 5.41) is 9.58. The van der Waals surface area contributed by atoms with Crippen LogP contribution in [0.3, 0.4) is 0 Å². The van der Waals surface area contributed by atoms with Gasteiger partial charge in [0.2, 0.25) is 11.8 Å². The smallest absolute Gasteiger partial charge is 0.223 e. The van der Waals surface area contributed by atoms with Crippen molar-refractivity contribution in [2.75, 3.05) is 39.3 Å². The Hall–Kier alpha value is -1.36. The first-order chi connectivity index (χ1) is 14.0. The number of aromatic nitrogens is 1. The highest BCUT2D eigenvalue weighted by Gasteiger charge is 2.29. The Bertz CT molecular complexity index is 676. The quantitative estimate of drug-likeness (QED) is 0.196. The molecule has 0 aromatic carbocycles. The monoisotopic (exact) mass is 532 g/mol. The van der Waals surface area contributed by atoms with E-state index >= 15 is 0 Å². The van der Waals surface area contributed by atoms with Crippen LogP contribution >= 0.6 is 24.0 Å². The molecule has 1 aliphatic heterocycles. The minimum Gasteiger partial charge on any atom is -0.444 e. The number of carbonyl (C=O) groups excluding carboxylic acids is 1. The Kier molecular flexibility index (Phi) is 10.4. The standard InChI is InChI=1S/C21H36N6O2.HI/c1-4-22-21(24-10-9-23-20(28)18-5-6-18)25-13-17-7-11-27(12-8-17)14-19-26-15(2)16(3)29-19;/h17-18H,4-14H2,1-3H3,(H,23,28)(H2,22,24,25);1H. The molecule has 30 heavy (non-hydrogen) atoms. The third-order valence-corrected chi connectivity index (χ3v) is 5.66. The number of halogens is 1. The molecule has 2 aliphatic rings. The van der Waals surface area contributed by atoms with E-state index in [9.17, 15) is 4.79 Å². The summed E-state index contributed by atoms with van der Waals surface area (Å²) >= 11 is 0. The van der Waals surface area contributed by atoms with E-state index in [1.807, 2.05) is 13.8 Å². The molecule has 0 spiro atoms. The van der Waals surface area contributed by atoms with Crippen molar-refractivity contribution >= 4 is 35.8 Å². The molecule has 1 saturated carbocycles. The number of oxazole rings is 1. The number of piperidine rings is 1. The number of nitrogens with one attached hydrogen (secondary N) is 3. The Balaban J connectivity index is 0.00000320. The molecule has 1 amide bonds. The fourth-order valence-electron chi connectivity index (χ4n) is 3.54. The van der Waals surface area contributed by atoms with Gasteiger partial charge in [-0.15, -0.1) is 24.0 Å². The Morgan fingerprint density at radius 1 is 1.13 bits per heavy atom. The molecular formula is C21H37IN6O2. The van der Waals surface area contributed by atoms with Crippen LogP contribution in [-0.4, -0.2) is 61.0 Å². The maximum absolute atomic E-state index is 11.7. The highest BCUT2D eigenvalue weighted by atomic mass is 127. The number of guanidine groups is 1. The van der Waals surface area contributed by atoms with E-state index in [1.165, 1.54) is 0 Å². The number of aryl methyl sites for hydroxylation is 2. The highest BCUT2D eigenvalue weighted by molar-refractivity contribution is 14.0. The van der Waals surface area contributed by atoms with Gasteiger partial charge in [0, 0.05) is 32.1 Å². The number of amides is 1. The molecule has 0 atom stereocenters. The van der Waals surface area contributed by atoms with Gasteiger partial charge in [-0.05, 0) is 65.5 Å². The molecule has 0 bridgehead atoms. The van der Waals surface area contributed by atoms with Crippen LogP contribution in [0, 0.1) is 25.7 Å². The van der Waals surface area contributed by atoms with Crippen LogP contribution in [0.15, 0.2) is 9.41 Å². The zero-order chi connectivity index (χ0) is 20.6. The molecule has 9 heteroatoms. The Morgan fingerprint density at radius 2 is 1.83 bits per heavy atom. The van der Waals surface area contributed by atoms with E-state index in [-0.39, 0.29) is 35.8 Å². The van der Waals surface area contributed by atoms with Gasteiger partial charge in [0.05, 0.1) is 12.2 Å². The van der Waals surface area contributed by atoms with Crippen molar-refractivity contribution in [2.45, 2.75) is 53.0 Å². The van der Waals surface area contributed by atoms with Crippen molar-refractivity contribution in [3.63, 3.8) is 0 Å². The summed E-state index contributed by atoms with van der Waals surface area (Å²) in [7, 11) is 0. The topological polar surface area (TPSA) is 94.8 Å². The minimum atomic E-state index is 0. The molecule has 3 N–H and O–H groups in total. The van der Waals surface area contributed by atoms with Crippen LogP contribution in [0.2, 0.25) is 0 Å². The zero-order valence-electron chi connectivity index (χ0n) is 18.5. The van der Waals surface area contributed by atoms with Gasteiger partial charge in [-0.3, -0.25) is 14.7 Å². The van der Waals surface area contributed by atoms with Crippen molar-refractivity contribution in [3.05, 3.63) is 17.3 Å². The maximum Gasteiger partial charge on any atom is 0.223 e. The summed E-state index contributed by atoms with van der Waals surface area (Å²) in [5.41, 5.74) is 0.986. The third-order valence-electron chi connectivity index (χ3n) is 5.66. The third kappa shape index (κ3) is 8.05. The lowest BCUT2D eigenvalue weighted by Gasteiger charge is -2.30. The van der Waals surface area contributed by atoms with Gasteiger partial charge < -0.3 is 20.4 Å². The van der Waals surface area contributed by atoms with Gasteiger partial charge >= 0.3 is 0 Å². The number of hydrogen-bond donors (Lipinski definition) is 3. The summed E-state index contributed by atoms with van der Waals surface area (Å²) in [6.07, 6.45) is 4.36. The van der Waals surface area contributed by atoms with E-state index < -0.39 is 0 Å². The molecule has 170 valence electrons. The lowest BCUT2D eigenvalue weighted by atomic mass is 9.97. The summed E-state index contributed by atoms with van der Waals surface area (Å²) in [4.78, 5) is 23.3. The Morgan fingerprint density at radius 3 is 2.43 bits per heavy atom. The van der Waals surface area contributed by atoms with Crippen LogP contribution in [0.25, 0.3) is 0 Å². The SMILES string of the molecule is CCNC(=NCC1CCN(Cc2nc(C)c(C)o2)CC1)NCCNC(=O)C1CC1.I. The number of hydrogen-bond acceptors (Lipinski definition) is 5. The summed E-state index contributed by atoms with van der Waals surface area (Å²) in [5.74, 6) is 3.63. The Labute approximate surface area is 197 Å². The van der Waals surface area contributed by atoms with Crippen molar-refractivity contribution in [3.8, 4) is 0 Å². The molecule has 2 heterocycles. The fourth-order valence-corrected chi connectivity index (χ4v) is 3.54. The van der Waals surface area contributed by atoms with Crippen molar-refractivity contribution in [2.24, 2.45) is 16.8 Å². The summed E-state index contributed by atoms with van der Waals surface area (Å²) in [6.45, 7) is 11.9. The van der Waals surface area contributed by atoms with Crippen LogP contribution < -0.4 is 16.0 Å². The fraction of sp³-hybridized carbons (Fsp3) is 0.762. The number of likely N-dealkylation sites (tertiary alicyclic amines) is 1. The summed E-state index contributed by atoms with van der Waals surface area (Å²) in [6, 6.07) is 0. The molecule has 3 rings (SSSR count). The van der Waals surface area contributed by atoms with Gasteiger partial charge in [-0.25, -0.2) is 4.98 Å². The number of carbonyl (C=O) groups is 1.